The van der Waals surface area contributed by atoms with Crippen molar-refractivity contribution in [3.63, 3.8) is 0 Å². The average molecular weight is 367 g/mol. The summed E-state index contributed by atoms with van der Waals surface area (Å²) in [4.78, 5) is 12.8. The summed E-state index contributed by atoms with van der Waals surface area (Å²) in [6.07, 6.45) is 3.43. The molecule has 8 nitrogen and oxygen atoms in total. The number of ether oxygens (including phenoxy) is 2. The first-order chi connectivity index (χ1) is 13.2. The van der Waals surface area contributed by atoms with E-state index in [0.717, 1.165) is 12.8 Å². The molecule has 1 heterocycles. The first kappa shape index (κ1) is 18.4. The number of nitrogens with zero attached hydrogens (tertiary/aromatic N) is 4. The molecular formula is C19H21N5O3. The molecule has 1 aromatic heterocycles. The molecule has 0 saturated heterocycles. The predicted molar refractivity (Wildman–Crippen MR) is 101 cm³/mol. The smallest absolute Gasteiger partial charge is 0.259 e. The quantitative estimate of drug-likeness (QED) is 0.615. The number of methoxy groups -OCH3 is 1. The van der Waals surface area contributed by atoms with Gasteiger partial charge in [0, 0.05) is 17.8 Å². The third kappa shape index (κ3) is 4.60. The molecule has 1 N–H and O–H groups in total. The van der Waals surface area contributed by atoms with Crippen molar-refractivity contribution in [2.75, 3.05) is 19.0 Å². The van der Waals surface area contributed by atoms with Crippen molar-refractivity contribution in [2.24, 2.45) is 0 Å². The minimum absolute atomic E-state index is 0.266. The third-order valence-electron chi connectivity index (χ3n) is 3.89. The van der Waals surface area contributed by atoms with Crippen LogP contribution in [0.5, 0.6) is 11.5 Å². The Labute approximate surface area is 157 Å². The number of nitrogens with one attached hydrogen (secondary N) is 1. The van der Waals surface area contributed by atoms with Gasteiger partial charge in [0.15, 0.2) is 0 Å². The molecule has 0 aliphatic rings. The number of anilines is 1. The van der Waals surface area contributed by atoms with E-state index < -0.39 is 0 Å². The molecule has 0 unspecified atom stereocenters. The van der Waals surface area contributed by atoms with Crippen molar-refractivity contribution in [1.82, 2.24) is 20.2 Å². The van der Waals surface area contributed by atoms with E-state index in [4.69, 9.17) is 9.47 Å². The second-order valence-corrected chi connectivity index (χ2v) is 5.83. The number of aromatic nitrogens is 4. The van der Waals surface area contributed by atoms with Crippen molar-refractivity contribution in [2.45, 2.75) is 19.8 Å². The zero-order valence-electron chi connectivity index (χ0n) is 15.3. The van der Waals surface area contributed by atoms with Crippen LogP contribution in [0.15, 0.2) is 48.8 Å². The Kier molecular flexibility index (Phi) is 5.98. The summed E-state index contributed by atoms with van der Waals surface area (Å²) in [7, 11) is 1.56. The Morgan fingerprint density at radius 3 is 2.81 bits per heavy atom. The van der Waals surface area contributed by atoms with Crippen molar-refractivity contribution >= 4 is 11.6 Å². The van der Waals surface area contributed by atoms with Gasteiger partial charge in [0.1, 0.15) is 17.8 Å². The second kappa shape index (κ2) is 8.79. The van der Waals surface area contributed by atoms with Crippen LogP contribution in [-0.2, 0) is 0 Å². The van der Waals surface area contributed by atoms with Crippen LogP contribution in [0.3, 0.4) is 0 Å². The summed E-state index contributed by atoms with van der Waals surface area (Å²) < 4.78 is 12.5. The molecule has 0 aliphatic carbocycles. The van der Waals surface area contributed by atoms with Gasteiger partial charge < -0.3 is 14.8 Å². The third-order valence-corrected chi connectivity index (χ3v) is 3.89. The summed E-state index contributed by atoms with van der Waals surface area (Å²) >= 11 is 0. The maximum atomic E-state index is 12.8. The van der Waals surface area contributed by atoms with Gasteiger partial charge in [-0.1, -0.05) is 25.5 Å². The molecule has 140 valence electrons. The normalized spacial score (nSPS) is 10.4. The van der Waals surface area contributed by atoms with Crippen LogP contribution in [0.1, 0.15) is 30.1 Å². The monoisotopic (exact) mass is 367 g/mol. The predicted octanol–water partition coefficient (Wildman–Crippen LogP) is 3.10. The number of unbranched alkanes of at least 4 members (excludes halogenated alkanes) is 1. The SMILES string of the molecule is CCCCOc1ccccc1C(=O)Nc1cc(OC)cc(-n2cnnn2)c1. The van der Waals surface area contributed by atoms with Crippen LogP contribution in [0.2, 0.25) is 0 Å². The second-order valence-electron chi connectivity index (χ2n) is 5.83. The number of rotatable bonds is 8. The van der Waals surface area contributed by atoms with Crippen molar-refractivity contribution in [3.05, 3.63) is 54.4 Å². The molecule has 3 rings (SSSR count). The fourth-order valence-electron chi connectivity index (χ4n) is 2.49. The first-order valence-electron chi connectivity index (χ1n) is 8.67. The van der Waals surface area contributed by atoms with E-state index >= 15 is 0 Å². The number of hydrogen-bond acceptors (Lipinski definition) is 6. The highest BCUT2D eigenvalue weighted by molar-refractivity contribution is 6.06. The van der Waals surface area contributed by atoms with E-state index in [9.17, 15) is 4.79 Å². The topological polar surface area (TPSA) is 91.2 Å². The largest absolute Gasteiger partial charge is 0.497 e. The van der Waals surface area contributed by atoms with Crippen molar-refractivity contribution in [3.8, 4) is 17.2 Å². The minimum Gasteiger partial charge on any atom is -0.497 e. The molecule has 2 aromatic carbocycles. The van der Waals surface area contributed by atoms with E-state index in [0.29, 0.717) is 35.0 Å². The maximum absolute atomic E-state index is 12.8. The number of carbonyl (C=O) groups is 1. The Morgan fingerprint density at radius 2 is 2.07 bits per heavy atom. The van der Waals surface area contributed by atoms with Crippen LogP contribution in [0.4, 0.5) is 5.69 Å². The van der Waals surface area contributed by atoms with E-state index in [2.05, 4.69) is 27.8 Å². The summed E-state index contributed by atoms with van der Waals surface area (Å²) in [5, 5.41) is 14.0. The van der Waals surface area contributed by atoms with Gasteiger partial charge in [-0.15, -0.1) is 5.10 Å². The molecular weight excluding hydrogens is 346 g/mol. The molecule has 0 bridgehead atoms. The van der Waals surface area contributed by atoms with Crippen LogP contribution < -0.4 is 14.8 Å². The van der Waals surface area contributed by atoms with Gasteiger partial charge in [-0.2, -0.15) is 0 Å². The standard InChI is InChI=1S/C19H21N5O3/c1-3-4-9-27-18-8-6-5-7-17(18)19(25)21-14-10-15(12-16(11-14)26-2)24-13-20-22-23-24/h5-8,10-13H,3-4,9H2,1-2H3,(H,21,25). The van der Waals surface area contributed by atoms with Crippen LogP contribution in [-0.4, -0.2) is 39.8 Å². The Morgan fingerprint density at radius 1 is 1.22 bits per heavy atom. The number of para-hydroxylation sites is 1. The van der Waals surface area contributed by atoms with Crippen LogP contribution >= 0.6 is 0 Å². The van der Waals surface area contributed by atoms with Crippen LogP contribution in [0, 0.1) is 0 Å². The summed E-state index contributed by atoms with van der Waals surface area (Å²) in [5.41, 5.74) is 1.70. The van der Waals surface area contributed by atoms with E-state index in [-0.39, 0.29) is 5.91 Å². The zero-order chi connectivity index (χ0) is 19.1. The molecule has 0 radical (unpaired) electrons. The summed E-state index contributed by atoms with van der Waals surface area (Å²) in [5.74, 6) is 0.871. The highest BCUT2D eigenvalue weighted by Crippen LogP contribution is 2.25. The lowest BCUT2D eigenvalue weighted by molar-refractivity contribution is 0.102. The lowest BCUT2D eigenvalue weighted by atomic mass is 10.1. The number of amides is 1. The summed E-state index contributed by atoms with van der Waals surface area (Å²) in [6.45, 7) is 2.66. The van der Waals surface area contributed by atoms with Gasteiger partial charge in [0.2, 0.25) is 0 Å². The van der Waals surface area contributed by atoms with Gasteiger partial charge in [0.25, 0.3) is 5.91 Å². The number of tetrazole rings is 1. The molecule has 3 aromatic rings. The van der Waals surface area contributed by atoms with Gasteiger partial charge in [-0.3, -0.25) is 4.79 Å². The lowest BCUT2D eigenvalue weighted by Crippen LogP contribution is -2.14. The number of benzene rings is 2. The van der Waals surface area contributed by atoms with Crippen molar-refractivity contribution < 1.29 is 14.3 Å². The maximum Gasteiger partial charge on any atom is 0.259 e. The average Bonchev–Trinajstić information content (AvgIpc) is 3.23. The summed E-state index contributed by atoms with van der Waals surface area (Å²) in [6, 6.07) is 12.4. The van der Waals surface area contributed by atoms with Gasteiger partial charge in [0.05, 0.1) is 25.0 Å². The van der Waals surface area contributed by atoms with Crippen molar-refractivity contribution in [1.29, 1.82) is 0 Å². The molecule has 1 amide bonds. The Balaban J connectivity index is 1.83. The molecule has 0 saturated carbocycles. The highest BCUT2D eigenvalue weighted by Gasteiger charge is 2.14. The fourth-order valence-corrected chi connectivity index (χ4v) is 2.49. The van der Waals surface area contributed by atoms with Gasteiger partial charge in [-0.25, -0.2) is 4.68 Å². The molecule has 8 heteroatoms. The molecule has 27 heavy (non-hydrogen) atoms. The van der Waals surface area contributed by atoms with E-state index in [1.807, 2.05) is 6.07 Å². The first-order valence-corrected chi connectivity index (χ1v) is 8.67. The number of hydrogen-bond donors (Lipinski definition) is 1. The Hall–Kier alpha value is -3.42. The molecule has 0 aliphatic heterocycles. The van der Waals surface area contributed by atoms with Crippen LogP contribution in [0.25, 0.3) is 5.69 Å². The number of carbonyl (C=O) groups excluding carboxylic acids is 1. The van der Waals surface area contributed by atoms with Gasteiger partial charge in [-0.05, 0) is 35.0 Å². The molecule has 0 atom stereocenters. The molecule has 0 fully saturated rings. The minimum atomic E-state index is -0.266. The fraction of sp³-hybridized carbons (Fsp3) is 0.263. The Bertz CT molecular complexity index is 896. The van der Waals surface area contributed by atoms with E-state index in [1.54, 1.807) is 43.5 Å². The molecule has 0 spiro atoms. The zero-order valence-corrected chi connectivity index (χ0v) is 15.3. The lowest BCUT2D eigenvalue weighted by Gasteiger charge is -2.13. The van der Waals surface area contributed by atoms with Gasteiger partial charge >= 0.3 is 0 Å². The van der Waals surface area contributed by atoms with E-state index in [1.165, 1.54) is 11.0 Å². The highest BCUT2D eigenvalue weighted by atomic mass is 16.5.